The first kappa shape index (κ1) is 79.2. The normalized spacial score (nSPS) is 13.3. The molecule has 0 saturated carbocycles. The molecule has 0 spiro atoms. The summed E-state index contributed by atoms with van der Waals surface area (Å²) >= 11 is 0. The molecule has 1 N–H and O–H groups in total. The lowest BCUT2D eigenvalue weighted by Crippen LogP contribution is -2.37. The van der Waals surface area contributed by atoms with Gasteiger partial charge in [-0.2, -0.15) is 0 Å². The fourth-order valence-electron chi connectivity index (χ4n) is 10.5. The van der Waals surface area contributed by atoms with Crippen molar-refractivity contribution in [2.24, 2.45) is 0 Å². The van der Waals surface area contributed by atoms with Crippen LogP contribution in [0.3, 0.4) is 0 Å². The van der Waals surface area contributed by atoms with E-state index < -0.39 is 26.5 Å². The molecule has 0 bridgehead atoms. The minimum Gasteiger partial charge on any atom is -0.462 e. The summed E-state index contributed by atoms with van der Waals surface area (Å²) in [4.78, 5) is 35.8. The Labute approximate surface area is 503 Å². The Morgan fingerprint density at radius 1 is 0.383 bits per heavy atom. The van der Waals surface area contributed by atoms with E-state index in [0.29, 0.717) is 23.9 Å². The average Bonchev–Trinajstić information content (AvgIpc) is 3.44. The van der Waals surface area contributed by atoms with Crippen LogP contribution in [0.25, 0.3) is 0 Å². The first-order valence-electron chi connectivity index (χ1n) is 35.2. The van der Waals surface area contributed by atoms with Crippen molar-refractivity contribution in [3.63, 3.8) is 0 Å². The predicted octanol–water partition coefficient (Wildman–Crippen LogP) is 22.7. The van der Waals surface area contributed by atoms with E-state index in [2.05, 4.69) is 50.3 Å². The first-order chi connectivity index (χ1) is 39.5. The fraction of sp³-hybridized carbons (Fsp3) is 0.887. The van der Waals surface area contributed by atoms with E-state index >= 15 is 0 Å². The Morgan fingerprint density at radius 2 is 0.667 bits per heavy atom. The molecule has 0 rings (SSSR count). The number of nitrogens with zero attached hydrogens (tertiary/aromatic N) is 1. The fourth-order valence-corrected chi connectivity index (χ4v) is 11.2. The number of rotatable bonds is 66. The van der Waals surface area contributed by atoms with Crippen LogP contribution in [0.1, 0.15) is 354 Å². The highest BCUT2D eigenvalue weighted by Crippen LogP contribution is 2.43. The number of carbonyl (C=O) groups is 2. The van der Waals surface area contributed by atoms with Gasteiger partial charge < -0.3 is 18.9 Å². The third-order valence-electron chi connectivity index (χ3n) is 15.9. The molecule has 0 aliphatic heterocycles. The van der Waals surface area contributed by atoms with Gasteiger partial charge in [-0.3, -0.25) is 18.6 Å². The van der Waals surface area contributed by atoms with Crippen molar-refractivity contribution in [1.82, 2.24) is 0 Å². The molecule has 2 atom stereocenters. The number of phosphoric acid groups is 1. The van der Waals surface area contributed by atoms with Crippen LogP contribution in [0.5, 0.6) is 0 Å². The lowest BCUT2D eigenvalue weighted by molar-refractivity contribution is -0.870. The highest BCUT2D eigenvalue weighted by Gasteiger charge is 2.27. The van der Waals surface area contributed by atoms with Gasteiger partial charge in [0.05, 0.1) is 27.7 Å². The summed E-state index contributed by atoms with van der Waals surface area (Å²) < 4.78 is 34.7. The van der Waals surface area contributed by atoms with E-state index in [0.717, 1.165) is 70.6 Å². The molecule has 0 aromatic rings. The summed E-state index contributed by atoms with van der Waals surface area (Å²) in [6.45, 7) is 4.45. The molecule has 0 saturated heterocycles. The number of quaternary nitrogens is 1. The lowest BCUT2D eigenvalue weighted by Gasteiger charge is -2.24. The van der Waals surface area contributed by atoms with Gasteiger partial charge in [-0.15, -0.1) is 0 Å². The van der Waals surface area contributed by atoms with Gasteiger partial charge in [-0.05, 0) is 51.4 Å². The van der Waals surface area contributed by atoms with Crippen molar-refractivity contribution in [2.75, 3.05) is 47.5 Å². The summed E-state index contributed by atoms with van der Waals surface area (Å²) in [5.74, 6) is -0.796. The highest BCUT2D eigenvalue weighted by molar-refractivity contribution is 7.47. The largest absolute Gasteiger partial charge is 0.472 e. The molecule has 2 unspecified atom stereocenters. The van der Waals surface area contributed by atoms with E-state index in [4.69, 9.17) is 18.5 Å². The summed E-state index contributed by atoms with van der Waals surface area (Å²) in [6.07, 6.45) is 79.9. The molecule has 0 aliphatic carbocycles. The molecule has 0 heterocycles. The molecular formula is C71H137NO8P+. The van der Waals surface area contributed by atoms with Crippen molar-refractivity contribution < 1.29 is 42.1 Å². The summed E-state index contributed by atoms with van der Waals surface area (Å²) in [6, 6.07) is 0. The van der Waals surface area contributed by atoms with Gasteiger partial charge in [0.2, 0.25) is 0 Å². The number of likely N-dealkylation sites (N-methyl/N-ethyl adjacent to an activating group) is 1. The number of phosphoric ester groups is 1. The second-order valence-electron chi connectivity index (χ2n) is 25.3. The van der Waals surface area contributed by atoms with E-state index in [1.54, 1.807) is 0 Å². The molecule has 0 aliphatic rings. The summed E-state index contributed by atoms with van der Waals surface area (Å²) in [5, 5.41) is 0. The zero-order chi connectivity index (χ0) is 59.1. The van der Waals surface area contributed by atoms with Crippen LogP contribution in [0, 0.1) is 0 Å². The quantitative estimate of drug-likeness (QED) is 0.0211. The summed E-state index contributed by atoms with van der Waals surface area (Å²) in [7, 11) is 1.48. The van der Waals surface area contributed by atoms with E-state index in [1.807, 2.05) is 21.1 Å². The molecule has 10 heteroatoms. The number of allylic oxidation sites excluding steroid dienone is 6. The Bertz CT molecular complexity index is 1460. The second kappa shape index (κ2) is 62.8. The zero-order valence-electron chi connectivity index (χ0n) is 54.5. The maximum atomic E-state index is 12.8. The number of ether oxygens (including phenoxy) is 2. The molecule has 0 aromatic heterocycles. The van der Waals surface area contributed by atoms with Crippen LogP contribution in [0.4, 0.5) is 0 Å². The van der Waals surface area contributed by atoms with Crippen LogP contribution in [0.15, 0.2) is 36.5 Å². The van der Waals surface area contributed by atoms with E-state index in [1.165, 1.54) is 250 Å². The second-order valence-corrected chi connectivity index (χ2v) is 26.7. The van der Waals surface area contributed by atoms with Crippen molar-refractivity contribution in [1.29, 1.82) is 0 Å². The minimum absolute atomic E-state index is 0.0301. The maximum Gasteiger partial charge on any atom is 0.472 e. The number of esters is 2. The van der Waals surface area contributed by atoms with Gasteiger partial charge in [-0.1, -0.05) is 326 Å². The van der Waals surface area contributed by atoms with Gasteiger partial charge in [-0.25, -0.2) is 4.57 Å². The number of hydrogen-bond donors (Lipinski definition) is 1. The lowest BCUT2D eigenvalue weighted by atomic mass is 10.0. The van der Waals surface area contributed by atoms with Gasteiger partial charge in [0.1, 0.15) is 19.8 Å². The average molecular weight is 1160 g/mol. The molecule has 0 fully saturated rings. The molecule has 0 radical (unpaired) electrons. The van der Waals surface area contributed by atoms with Gasteiger partial charge in [0.25, 0.3) is 0 Å². The molecular weight excluding hydrogens is 1030 g/mol. The van der Waals surface area contributed by atoms with Crippen molar-refractivity contribution >= 4 is 19.8 Å². The van der Waals surface area contributed by atoms with E-state index in [9.17, 15) is 19.0 Å². The van der Waals surface area contributed by atoms with Crippen molar-refractivity contribution in [3.05, 3.63) is 36.5 Å². The van der Waals surface area contributed by atoms with Crippen LogP contribution in [-0.2, 0) is 32.7 Å². The third kappa shape index (κ3) is 67.2. The Kier molecular flexibility index (Phi) is 61.4. The Hall–Kier alpha value is -1.77. The minimum atomic E-state index is -4.39. The van der Waals surface area contributed by atoms with E-state index in [-0.39, 0.29) is 25.6 Å². The van der Waals surface area contributed by atoms with Crippen molar-refractivity contribution in [2.45, 2.75) is 360 Å². The monoisotopic (exact) mass is 1160 g/mol. The van der Waals surface area contributed by atoms with Gasteiger partial charge in [0, 0.05) is 12.8 Å². The molecule has 81 heavy (non-hydrogen) atoms. The smallest absolute Gasteiger partial charge is 0.462 e. The molecule has 478 valence electrons. The Morgan fingerprint density at radius 3 is 1.01 bits per heavy atom. The van der Waals surface area contributed by atoms with Crippen LogP contribution in [0.2, 0.25) is 0 Å². The van der Waals surface area contributed by atoms with Crippen LogP contribution >= 0.6 is 7.82 Å². The SMILES string of the molecule is CCCCC/C=C\C/C=C\C/C=C\CCCCCCCCC(=O)OC(COC(=O)CCCCCCCCCCCCCCCCCCCCCCCCCCCCCCCCCCCCCCCC)COP(=O)(O)OCC[N+](C)(C)C. The number of unbranched alkanes of at least 4 members (excludes halogenated alkanes) is 46. The summed E-state index contributed by atoms with van der Waals surface area (Å²) in [5.41, 5.74) is 0. The maximum absolute atomic E-state index is 12.8. The molecule has 0 aromatic carbocycles. The van der Waals surface area contributed by atoms with Gasteiger partial charge in [0.15, 0.2) is 6.10 Å². The topological polar surface area (TPSA) is 108 Å². The molecule has 9 nitrogen and oxygen atoms in total. The standard InChI is InChI=1S/C71H136NO8P/c1-6-8-10-12-14-16-18-20-22-24-26-27-28-29-30-31-32-33-34-35-36-37-38-39-40-41-42-43-44-46-47-49-51-53-55-57-59-61-63-70(73)77-67-69(68-79-81(75,76)78-66-65-72(3,4)5)80-71(74)64-62-60-58-56-54-52-50-48-45-25-23-21-19-17-15-13-11-9-7-2/h15,17,21,23,45,48,69H,6-14,16,18-20,22,24-44,46-47,49-68H2,1-5H3/p+1/b17-15-,23-21-,48-45-. The predicted molar refractivity (Wildman–Crippen MR) is 349 cm³/mol. The molecule has 0 amide bonds. The highest BCUT2D eigenvalue weighted by atomic mass is 31.2. The number of hydrogen-bond acceptors (Lipinski definition) is 7. The van der Waals surface area contributed by atoms with Crippen LogP contribution in [-0.4, -0.2) is 74.9 Å². The third-order valence-corrected chi connectivity index (χ3v) is 16.9. The first-order valence-corrected chi connectivity index (χ1v) is 36.7. The van der Waals surface area contributed by atoms with Crippen molar-refractivity contribution in [3.8, 4) is 0 Å². The van der Waals surface area contributed by atoms with Gasteiger partial charge >= 0.3 is 19.8 Å². The van der Waals surface area contributed by atoms with Crippen LogP contribution < -0.4 is 0 Å². The Balaban J connectivity index is 3.90. The zero-order valence-corrected chi connectivity index (χ0v) is 55.4. The number of carbonyl (C=O) groups excluding carboxylic acids is 2.